The summed E-state index contributed by atoms with van der Waals surface area (Å²) in [7, 11) is 0. The Morgan fingerprint density at radius 3 is 2.55 bits per heavy atom. The zero-order valence-corrected chi connectivity index (χ0v) is 10.6. The SMILES string of the molecule is O=C(Nc1ccc(-c2ccccn2)cc1)c1ccoc1. The zero-order valence-electron chi connectivity index (χ0n) is 10.6. The third kappa shape index (κ3) is 2.59. The van der Waals surface area contributed by atoms with Crippen molar-refractivity contribution in [2.75, 3.05) is 5.32 Å². The molecule has 1 amide bonds. The van der Waals surface area contributed by atoms with E-state index in [1.54, 1.807) is 12.3 Å². The van der Waals surface area contributed by atoms with Crippen molar-refractivity contribution in [3.05, 3.63) is 72.8 Å². The van der Waals surface area contributed by atoms with Crippen LogP contribution >= 0.6 is 0 Å². The second kappa shape index (κ2) is 5.40. The van der Waals surface area contributed by atoms with Gasteiger partial charge in [0.15, 0.2) is 0 Å². The fraction of sp³-hybridized carbons (Fsp3) is 0. The Morgan fingerprint density at radius 1 is 1.05 bits per heavy atom. The van der Waals surface area contributed by atoms with E-state index in [0.717, 1.165) is 16.9 Å². The van der Waals surface area contributed by atoms with E-state index in [1.165, 1.54) is 12.5 Å². The largest absolute Gasteiger partial charge is 0.472 e. The first-order valence-corrected chi connectivity index (χ1v) is 6.18. The Bertz CT molecular complexity index is 689. The number of benzene rings is 1. The summed E-state index contributed by atoms with van der Waals surface area (Å²) in [5.74, 6) is -0.190. The maximum absolute atomic E-state index is 11.8. The van der Waals surface area contributed by atoms with Crippen LogP contribution in [0.15, 0.2) is 71.7 Å². The van der Waals surface area contributed by atoms with E-state index in [4.69, 9.17) is 4.42 Å². The number of carbonyl (C=O) groups excluding carboxylic acids is 1. The Labute approximate surface area is 116 Å². The molecule has 4 nitrogen and oxygen atoms in total. The van der Waals surface area contributed by atoms with Gasteiger partial charge in [0.1, 0.15) is 6.26 Å². The van der Waals surface area contributed by atoms with E-state index >= 15 is 0 Å². The topological polar surface area (TPSA) is 55.1 Å². The first-order chi connectivity index (χ1) is 9.83. The second-order valence-electron chi connectivity index (χ2n) is 4.26. The highest BCUT2D eigenvalue weighted by Gasteiger charge is 2.07. The molecule has 0 saturated heterocycles. The Balaban J connectivity index is 1.75. The molecule has 2 heterocycles. The highest BCUT2D eigenvalue weighted by atomic mass is 16.3. The molecule has 1 N–H and O–H groups in total. The highest BCUT2D eigenvalue weighted by molar-refractivity contribution is 6.04. The van der Waals surface area contributed by atoms with Crippen molar-refractivity contribution in [3.63, 3.8) is 0 Å². The average Bonchev–Trinajstić information content (AvgIpc) is 3.03. The van der Waals surface area contributed by atoms with Crippen LogP contribution in [0, 0.1) is 0 Å². The molecular weight excluding hydrogens is 252 g/mol. The van der Waals surface area contributed by atoms with Gasteiger partial charge in [-0.2, -0.15) is 0 Å². The van der Waals surface area contributed by atoms with E-state index < -0.39 is 0 Å². The first-order valence-electron chi connectivity index (χ1n) is 6.18. The van der Waals surface area contributed by atoms with Crippen LogP contribution in [0.4, 0.5) is 5.69 Å². The number of nitrogens with zero attached hydrogens (tertiary/aromatic N) is 1. The first kappa shape index (κ1) is 12.2. The van der Waals surface area contributed by atoms with Crippen LogP contribution in [0.25, 0.3) is 11.3 Å². The zero-order chi connectivity index (χ0) is 13.8. The van der Waals surface area contributed by atoms with E-state index in [1.807, 2.05) is 42.5 Å². The van der Waals surface area contributed by atoms with Gasteiger partial charge in [0.2, 0.25) is 0 Å². The lowest BCUT2D eigenvalue weighted by Crippen LogP contribution is -2.10. The molecule has 0 bridgehead atoms. The summed E-state index contributed by atoms with van der Waals surface area (Å²) >= 11 is 0. The van der Waals surface area contributed by atoms with Crippen LogP contribution in [0.3, 0.4) is 0 Å². The minimum Gasteiger partial charge on any atom is -0.472 e. The van der Waals surface area contributed by atoms with Gasteiger partial charge >= 0.3 is 0 Å². The Kier molecular flexibility index (Phi) is 3.29. The lowest BCUT2D eigenvalue weighted by atomic mass is 10.1. The molecule has 4 heteroatoms. The summed E-state index contributed by atoms with van der Waals surface area (Å²) in [5.41, 5.74) is 3.14. The van der Waals surface area contributed by atoms with Crippen LogP contribution in [0.5, 0.6) is 0 Å². The number of hydrogen-bond donors (Lipinski definition) is 1. The van der Waals surface area contributed by atoms with Gasteiger partial charge in [0.25, 0.3) is 5.91 Å². The fourth-order valence-electron chi connectivity index (χ4n) is 1.85. The summed E-state index contributed by atoms with van der Waals surface area (Å²) in [6.07, 6.45) is 4.64. The normalized spacial score (nSPS) is 10.2. The monoisotopic (exact) mass is 264 g/mol. The Morgan fingerprint density at radius 2 is 1.90 bits per heavy atom. The van der Waals surface area contributed by atoms with E-state index in [9.17, 15) is 4.79 Å². The van der Waals surface area contributed by atoms with Crippen molar-refractivity contribution in [2.24, 2.45) is 0 Å². The van der Waals surface area contributed by atoms with E-state index in [-0.39, 0.29) is 5.91 Å². The number of anilines is 1. The summed E-state index contributed by atoms with van der Waals surface area (Å²) < 4.78 is 4.88. The molecule has 0 spiro atoms. The molecule has 2 aromatic heterocycles. The molecule has 0 aliphatic heterocycles. The van der Waals surface area contributed by atoms with Crippen molar-refractivity contribution in [3.8, 4) is 11.3 Å². The van der Waals surface area contributed by atoms with Gasteiger partial charge in [-0.25, -0.2) is 0 Å². The van der Waals surface area contributed by atoms with Gasteiger partial charge in [-0.15, -0.1) is 0 Å². The summed E-state index contributed by atoms with van der Waals surface area (Å²) in [6, 6.07) is 14.9. The van der Waals surface area contributed by atoms with Gasteiger partial charge in [-0.3, -0.25) is 9.78 Å². The molecule has 0 radical (unpaired) electrons. The lowest BCUT2D eigenvalue weighted by molar-refractivity contribution is 0.102. The smallest absolute Gasteiger partial charge is 0.258 e. The molecule has 3 rings (SSSR count). The van der Waals surface area contributed by atoms with Gasteiger partial charge in [-0.1, -0.05) is 18.2 Å². The number of carbonyl (C=O) groups is 1. The maximum atomic E-state index is 11.8. The van der Waals surface area contributed by atoms with Gasteiger partial charge in [-0.05, 0) is 30.3 Å². The number of nitrogens with one attached hydrogen (secondary N) is 1. The minimum absolute atomic E-state index is 0.190. The van der Waals surface area contributed by atoms with Crippen LogP contribution in [-0.4, -0.2) is 10.9 Å². The van der Waals surface area contributed by atoms with Crippen molar-refractivity contribution in [1.82, 2.24) is 4.98 Å². The number of amides is 1. The molecule has 0 atom stereocenters. The fourth-order valence-corrected chi connectivity index (χ4v) is 1.85. The number of rotatable bonds is 3. The second-order valence-corrected chi connectivity index (χ2v) is 4.26. The highest BCUT2D eigenvalue weighted by Crippen LogP contribution is 2.19. The maximum Gasteiger partial charge on any atom is 0.258 e. The molecule has 0 aliphatic rings. The minimum atomic E-state index is -0.190. The predicted molar refractivity (Wildman–Crippen MR) is 76.3 cm³/mol. The number of furan rings is 1. The Hall–Kier alpha value is -2.88. The molecule has 0 aliphatic carbocycles. The molecular formula is C16H12N2O2. The van der Waals surface area contributed by atoms with Crippen LogP contribution in [0.2, 0.25) is 0 Å². The van der Waals surface area contributed by atoms with Crippen LogP contribution in [-0.2, 0) is 0 Å². The molecule has 0 saturated carbocycles. The van der Waals surface area contributed by atoms with Crippen molar-refractivity contribution in [1.29, 1.82) is 0 Å². The molecule has 1 aromatic carbocycles. The average molecular weight is 264 g/mol. The van der Waals surface area contributed by atoms with Crippen LogP contribution in [0.1, 0.15) is 10.4 Å². The third-order valence-corrected chi connectivity index (χ3v) is 2.89. The summed E-state index contributed by atoms with van der Waals surface area (Å²) in [4.78, 5) is 16.1. The van der Waals surface area contributed by atoms with Gasteiger partial charge in [0, 0.05) is 17.4 Å². The predicted octanol–water partition coefficient (Wildman–Crippen LogP) is 3.59. The molecule has 0 unspecified atom stereocenters. The van der Waals surface area contributed by atoms with E-state index in [2.05, 4.69) is 10.3 Å². The van der Waals surface area contributed by atoms with Crippen molar-refractivity contribution in [2.45, 2.75) is 0 Å². The number of hydrogen-bond acceptors (Lipinski definition) is 3. The third-order valence-electron chi connectivity index (χ3n) is 2.89. The summed E-state index contributed by atoms with van der Waals surface area (Å²) in [5, 5.41) is 2.80. The summed E-state index contributed by atoms with van der Waals surface area (Å²) in [6.45, 7) is 0. The molecule has 0 fully saturated rings. The molecule has 3 aromatic rings. The van der Waals surface area contributed by atoms with Crippen LogP contribution < -0.4 is 5.32 Å². The molecule has 20 heavy (non-hydrogen) atoms. The van der Waals surface area contributed by atoms with Crippen molar-refractivity contribution < 1.29 is 9.21 Å². The quantitative estimate of drug-likeness (QED) is 0.786. The molecule has 98 valence electrons. The standard InChI is InChI=1S/C16H12N2O2/c19-16(13-8-10-20-11-13)18-14-6-4-12(5-7-14)15-3-1-2-9-17-15/h1-11H,(H,18,19). The lowest BCUT2D eigenvalue weighted by Gasteiger charge is -2.05. The number of pyridine rings is 1. The van der Waals surface area contributed by atoms with Crippen molar-refractivity contribution >= 4 is 11.6 Å². The van der Waals surface area contributed by atoms with Gasteiger partial charge in [0.05, 0.1) is 17.5 Å². The number of aromatic nitrogens is 1. The van der Waals surface area contributed by atoms with Gasteiger partial charge < -0.3 is 9.73 Å². The van der Waals surface area contributed by atoms with E-state index in [0.29, 0.717) is 5.56 Å².